The molecule has 4 nitrogen and oxygen atoms in total. The lowest BCUT2D eigenvalue weighted by Crippen LogP contribution is -2.17. The van der Waals surface area contributed by atoms with Gasteiger partial charge in [0.2, 0.25) is 0 Å². The zero-order valence-corrected chi connectivity index (χ0v) is 9.45. The van der Waals surface area contributed by atoms with Gasteiger partial charge in [0.05, 0.1) is 18.0 Å². The van der Waals surface area contributed by atoms with Gasteiger partial charge < -0.3 is 4.42 Å². The molecule has 0 radical (unpaired) electrons. The van der Waals surface area contributed by atoms with Crippen LogP contribution < -0.4 is 5.43 Å². The van der Waals surface area contributed by atoms with Crippen molar-refractivity contribution in [3.05, 3.63) is 46.0 Å². The molecule has 0 saturated carbocycles. The zero-order chi connectivity index (χ0) is 11.4. The van der Waals surface area contributed by atoms with E-state index in [1.807, 2.05) is 16.8 Å². The smallest absolute Gasteiger partial charge is 0.274 e. The van der Waals surface area contributed by atoms with E-state index in [4.69, 9.17) is 4.42 Å². The average molecular weight is 234 g/mol. The number of carbonyl (C=O) groups is 1. The maximum absolute atomic E-state index is 11.6. The third kappa shape index (κ3) is 2.38. The van der Waals surface area contributed by atoms with Gasteiger partial charge in [0, 0.05) is 5.56 Å². The summed E-state index contributed by atoms with van der Waals surface area (Å²) in [4.78, 5) is 11.6. The predicted molar refractivity (Wildman–Crippen MR) is 62.8 cm³/mol. The number of amides is 1. The molecular weight excluding hydrogens is 224 g/mol. The molecule has 1 amide bonds. The van der Waals surface area contributed by atoms with Gasteiger partial charge in [0.1, 0.15) is 5.76 Å². The second kappa shape index (κ2) is 4.76. The molecule has 82 valence electrons. The second-order valence-corrected chi connectivity index (χ2v) is 3.93. The fourth-order valence-corrected chi connectivity index (χ4v) is 1.81. The molecule has 2 aromatic heterocycles. The first-order valence-corrected chi connectivity index (χ1v) is 5.61. The van der Waals surface area contributed by atoms with Gasteiger partial charge in [-0.1, -0.05) is 0 Å². The van der Waals surface area contributed by atoms with E-state index in [2.05, 4.69) is 10.5 Å². The van der Waals surface area contributed by atoms with Gasteiger partial charge in [-0.15, -0.1) is 0 Å². The number of thiophene rings is 1. The fraction of sp³-hybridized carbons (Fsp3) is 0.0909. The molecule has 16 heavy (non-hydrogen) atoms. The van der Waals surface area contributed by atoms with Crippen LogP contribution in [-0.2, 0) is 0 Å². The first-order chi connectivity index (χ1) is 7.77. The maximum Gasteiger partial charge on any atom is 0.274 e. The molecule has 0 bridgehead atoms. The number of hydrogen-bond donors (Lipinski definition) is 1. The number of rotatable bonds is 3. The molecule has 0 unspecified atom stereocenters. The van der Waals surface area contributed by atoms with Gasteiger partial charge in [-0.3, -0.25) is 4.79 Å². The van der Waals surface area contributed by atoms with Crippen LogP contribution in [0.4, 0.5) is 0 Å². The SMILES string of the molecule is Cc1occc1C(=O)NN=Cc1ccsc1. The molecule has 0 aliphatic heterocycles. The predicted octanol–water partition coefficient (Wildman–Crippen LogP) is 2.41. The molecule has 0 saturated heterocycles. The Bertz CT molecular complexity index is 500. The average Bonchev–Trinajstić information content (AvgIpc) is 2.88. The van der Waals surface area contributed by atoms with E-state index in [1.54, 1.807) is 30.5 Å². The van der Waals surface area contributed by atoms with Crippen molar-refractivity contribution in [3.8, 4) is 0 Å². The van der Waals surface area contributed by atoms with Gasteiger partial charge in [0.15, 0.2) is 0 Å². The minimum Gasteiger partial charge on any atom is -0.469 e. The van der Waals surface area contributed by atoms with E-state index in [9.17, 15) is 4.79 Å². The minimum atomic E-state index is -0.266. The molecule has 2 rings (SSSR count). The molecule has 0 aliphatic rings. The molecule has 0 aliphatic carbocycles. The van der Waals surface area contributed by atoms with Crippen LogP contribution in [0.2, 0.25) is 0 Å². The molecular formula is C11H10N2O2S. The summed E-state index contributed by atoms with van der Waals surface area (Å²) in [6.07, 6.45) is 3.08. The third-order valence-electron chi connectivity index (χ3n) is 2.03. The highest BCUT2D eigenvalue weighted by Crippen LogP contribution is 2.08. The van der Waals surface area contributed by atoms with Crippen molar-refractivity contribution in [2.45, 2.75) is 6.92 Å². The van der Waals surface area contributed by atoms with E-state index in [-0.39, 0.29) is 5.91 Å². The van der Waals surface area contributed by atoms with Gasteiger partial charge >= 0.3 is 0 Å². The van der Waals surface area contributed by atoms with Crippen molar-refractivity contribution in [2.24, 2.45) is 5.10 Å². The fourth-order valence-electron chi connectivity index (χ4n) is 1.19. The Balaban J connectivity index is 1.97. The Morgan fingerprint density at radius 2 is 2.44 bits per heavy atom. The summed E-state index contributed by atoms with van der Waals surface area (Å²) >= 11 is 1.58. The van der Waals surface area contributed by atoms with Crippen molar-refractivity contribution in [3.63, 3.8) is 0 Å². The summed E-state index contributed by atoms with van der Waals surface area (Å²) < 4.78 is 5.03. The van der Waals surface area contributed by atoms with Crippen molar-refractivity contribution >= 4 is 23.5 Å². The van der Waals surface area contributed by atoms with Gasteiger partial charge in [-0.05, 0) is 29.8 Å². The van der Waals surface area contributed by atoms with Crippen LogP contribution in [0.1, 0.15) is 21.7 Å². The van der Waals surface area contributed by atoms with E-state index in [0.717, 1.165) is 5.56 Å². The van der Waals surface area contributed by atoms with Crippen LogP contribution in [0.3, 0.4) is 0 Å². The van der Waals surface area contributed by atoms with Crippen molar-refractivity contribution < 1.29 is 9.21 Å². The van der Waals surface area contributed by atoms with Crippen LogP contribution in [0.25, 0.3) is 0 Å². The van der Waals surface area contributed by atoms with Gasteiger partial charge in [-0.2, -0.15) is 16.4 Å². The Kier molecular flexibility index (Phi) is 3.16. The highest BCUT2D eigenvalue weighted by Gasteiger charge is 2.09. The summed E-state index contributed by atoms with van der Waals surface area (Å²) in [5.41, 5.74) is 3.91. The summed E-state index contributed by atoms with van der Waals surface area (Å²) in [5, 5.41) is 7.74. The Morgan fingerprint density at radius 1 is 1.56 bits per heavy atom. The number of nitrogens with one attached hydrogen (secondary N) is 1. The third-order valence-corrected chi connectivity index (χ3v) is 2.73. The molecule has 2 heterocycles. The van der Waals surface area contributed by atoms with E-state index in [0.29, 0.717) is 11.3 Å². The number of aryl methyl sites for hydroxylation is 1. The van der Waals surface area contributed by atoms with E-state index < -0.39 is 0 Å². The number of carbonyl (C=O) groups excluding carboxylic acids is 1. The monoisotopic (exact) mass is 234 g/mol. The van der Waals surface area contributed by atoms with Crippen molar-refractivity contribution in [2.75, 3.05) is 0 Å². The molecule has 0 atom stereocenters. The molecule has 2 aromatic rings. The molecule has 0 fully saturated rings. The first kappa shape index (κ1) is 10.6. The van der Waals surface area contributed by atoms with Crippen LogP contribution in [0, 0.1) is 6.92 Å². The number of hydrazone groups is 1. The number of hydrogen-bond acceptors (Lipinski definition) is 4. The zero-order valence-electron chi connectivity index (χ0n) is 8.64. The maximum atomic E-state index is 11.6. The van der Waals surface area contributed by atoms with Crippen LogP contribution >= 0.6 is 11.3 Å². The van der Waals surface area contributed by atoms with Gasteiger partial charge in [-0.25, -0.2) is 5.43 Å². The Morgan fingerprint density at radius 3 is 3.06 bits per heavy atom. The lowest BCUT2D eigenvalue weighted by atomic mass is 10.2. The number of nitrogens with zero attached hydrogens (tertiary/aromatic N) is 1. The highest BCUT2D eigenvalue weighted by molar-refractivity contribution is 7.08. The van der Waals surface area contributed by atoms with Crippen molar-refractivity contribution in [1.29, 1.82) is 0 Å². The summed E-state index contributed by atoms with van der Waals surface area (Å²) in [6.45, 7) is 1.73. The highest BCUT2D eigenvalue weighted by atomic mass is 32.1. The molecule has 0 aromatic carbocycles. The molecule has 1 N–H and O–H groups in total. The van der Waals surface area contributed by atoms with Crippen LogP contribution in [-0.4, -0.2) is 12.1 Å². The Labute approximate surface area is 96.6 Å². The van der Waals surface area contributed by atoms with Crippen LogP contribution in [0.5, 0.6) is 0 Å². The van der Waals surface area contributed by atoms with Gasteiger partial charge in [0.25, 0.3) is 5.91 Å². The minimum absolute atomic E-state index is 0.266. The topological polar surface area (TPSA) is 54.6 Å². The summed E-state index contributed by atoms with van der Waals surface area (Å²) in [6, 6.07) is 3.54. The standard InChI is InChI=1S/C11H10N2O2S/c1-8-10(2-4-15-8)11(14)13-12-6-9-3-5-16-7-9/h2-7H,1H3,(H,13,14). The van der Waals surface area contributed by atoms with E-state index >= 15 is 0 Å². The summed E-state index contributed by atoms with van der Waals surface area (Å²) in [5.74, 6) is 0.320. The van der Waals surface area contributed by atoms with E-state index in [1.165, 1.54) is 6.26 Å². The number of furan rings is 1. The molecule has 5 heteroatoms. The molecule has 0 spiro atoms. The Hall–Kier alpha value is -1.88. The lowest BCUT2D eigenvalue weighted by molar-refractivity contribution is 0.0953. The largest absolute Gasteiger partial charge is 0.469 e. The lowest BCUT2D eigenvalue weighted by Gasteiger charge is -1.96. The quantitative estimate of drug-likeness (QED) is 0.655. The first-order valence-electron chi connectivity index (χ1n) is 4.67. The normalized spacial score (nSPS) is 10.8. The second-order valence-electron chi connectivity index (χ2n) is 3.15. The van der Waals surface area contributed by atoms with Crippen molar-refractivity contribution in [1.82, 2.24) is 5.43 Å². The van der Waals surface area contributed by atoms with Crippen LogP contribution in [0.15, 0.2) is 38.7 Å². The summed E-state index contributed by atoms with van der Waals surface area (Å²) in [7, 11) is 0.